The first-order valence-corrected chi connectivity index (χ1v) is 5.76. The van der Waals surface area contributed by atoms with E-state index in [1.165, 1.54) is 7.11 Å². The van der Waals surface area contributed by atoms with Gasteiger partial charge >= 0.3 is 0 Å². The second-order valence-electron chi connectivity index (χ2n) is 4.06. The van der Waals surface area contributed by atoms with Gasteiger partial charge in [0.05, 0.1) is 6.61 Å². The molecule has 0 aliphatic rings. The molecule has 8 heteroatoms. The van der Waals surface area contributed by atoms with Gasteiger partial charge in [-0.2, -0.15) is 8.78 Å². The van der Waals surface area contributed by atoms with Gasteiger partial charge in [-0.3, -0.25) is 0 Å². The molecule has 0 fully saturated rings. The number of methoxy groups -OCH3 is 1. The van der Waals surface area contributed by atoms with Gasteiger partial charge in [-0.15, -0.1) is 0 Å². The van der Waals surface area contributed by atoms with E-state index in [4.69, 9.17) is 4.74 Å². The first-order chi connectivity index (χ1) is 9.40. The number of halogens is 5. The van der Waals surface area contributed by atoms with Crippen LogP contribution in [0.15, 0.2) is 0 Å². The monoisotopic (exact) mass is 299 g/mol. The molecule has 114 valence electrons. The summed E-state index contributed by atoms with van der Waals surface area (Å²) in [5.74, 6) is -11.5. The third-order valence-corrected chi connectivity index (χ3v) is 2.43. The van der Waals surface area contributed by atoms with E-state index < -0.39 is 34.8 Å². The van der Waals surface area contributed by atoms with Crippen LogP contribution in [0, 0.1) is 29.1 Å². The normalized spacial score (nSPS) is 12.6. The Hall–Kier alpha value is -1.41. The molecule has 1 unspecified atom stereocenters. The number of benzene rings is 1. The van der Waals surface area contributed by atoms with Crippen LogP contribution in [0.1, 0.15) is 6.92 Å². The average Bonchev–Trinajstić information content (AvgIpc) is 2.42. The van der Waals surface area contributed by atoms with E-state index in [0.717, 1.165) is 0 Å². The molecule has 0 aromatic heterocycles. The minimum Gasteiger partial charge on any atom is -0.486 e. The minimum absolute atomic E-state index is 0.0417. The largest absolute Gasteiger partial charge is 0.486 e. The molecule has 0 amide bonds. The molecule has 3 nitrogen and oxygen atoms in total. The highest BCUT2D eigenvalue weighted by Crippen LogP contribution is 2.28. The lowest BCUT2D eigenvalue weighted by Crippen LogP contribution is -2.33. The highest BCUT2D eigenvalue weighted by Gasteiger charge is 2.26. The molecule has 1 rings (SSSR count). The molecule has 0 aliphatic heterocycles. The first-order valence-electron chi connectivity index (χ1n) is 5.76. The summed E-state index contributed by atoms with van der Waals surface area (Å²) in [6, 6.07) is -0.0417. The van der Waals surface area contributed by atoms with Crippen LogP contribution in [0.5, 0.6) is 5.75 Å². The van der Waals surface area contributed by atoms with Crippen LogP contribution in [-0.4, -0.2) is 32.9 Å². The van der Waals surface area contributed by atoms with Crippen molar-refractivity contribution in [1.82, 2.24) is 5.32 Å². The van der Waals surface area contributed by atoms with E-state index in [0.29, 0.717) is 6.61 Å². The summed E-state index contributed by atoms with van der Waals surface area (Å²) in [7, 11) is 1.50. The van der Waals surface area contributed by atoms with Gasteiger partial charge in [0.1, 0.15) is 6.61 Å². The average molecular weight is 299 g/mol. The highest BCUT2D eigenvalue weighted by molar-refractivity contribution is 5.29. The Bertz CT molecular complexity index is 441. The molecule has 0 saturated heterocycles. The zero-order valence-corrected chi connectivity index (χ0v) is 10.9. The zero-order chi connectivity index (χ0) is 15.3. The lowest BCUT2D eigenvalue weighted by atomic mass is 10.2. The smallest absolute Gasteiger partial charge is 0.206 e. The van der Waals surface area contributed by atoms with E-state index in [1.807, 2.05) is 0 Å². The molecule has 0 radical (unpaired) electrons. The number of rotatable bonds is 7. The minimum atomic E-state index is -2.21. The van der Waals surface area contributed by atoms with Crippen LogP contribution in [0.4, 0.5) is 22.0 Å². The molecule has 1 N–H and O–H groups in total. The second-order valence-corrected chi connectivity index (χ2v) is 4.06. The summed E-state index contributed by atoms with van der Waals surface area (Å²) in [4.78, 5) is 0. The van der Waals surface area contributed by atoms with Crippen molar-refractivity contribution in [3.63, 3.8) is 0 Å². The van der Waals surface area contributed by atoms with Gasteiger partial charge in [-0.25, -0.2) is 13.2 Å². The molecule has 1 aromatic rings. The lowest BCUT2D eigenvalue weighted by molar-refractivity contribution is 0.168. The maximum absolute atomic E-state index is 13.2. The quantitative estimate of drug-likeness (QED) is 0.363. The molecule has 0 spiro atoms. The fourth-order valence-corrected chi connectivity index (χ4v) is 1.48. The van der Waals surface area contributed by atoms with Crippen LogP contribution in [0.3, 0.4) is 0 Å². The molecule has 1 aromatic carbocycles. The Morgan fingerprint density at radius 3 is 1.95 bits per heavy atom. The lowest BCUT2D eigenvalue weighted by Gasteiger charge is -2.14. The van der Waals surface area contributed by atoms with Crippen molar-refractivity contribution < 1.29 is 31.4 Å². The molecule has 0 saturated carbocycles. The molecule has 0 aliphatic carbocycles. The molecular formula is C12H14F5NO2. The maximum Gasteiger partial charge on any atom is 0.206 e. The fraction of sp³-hybridized carbons (Fsp3) is 0.500. The van der Waals surface area contributed by atoms with Crippen molar-refractivity contribution >= 4 is 0 Å². The van der Waals surface area contributed by atoms with Gasteiger partial charge in [0.15, 0.2) is 5.75 Å². The standard InChI is InChI=1S/C12H14F5NO2/c1-6(5-19-2)18-3-4-20-12-10(16)8(14)7(13)9(15)11(12)17/h6,18H,3-5H2,1-2H3. The summed E-state index contributed by atoms with van der Waals surface area (Å²) in [6.45, 7) is 2.10. The van der Waals surface area contributed by atoms with Crippen molar-refractivity contribution in [1.29, 1.82) is 0 Å². The van der Waals surface area contributed by atoms with E-state index in [2.05, 4.69) is 10.1 Å². The predicted molar refractivity (Wildman–Crippen MR) is 61.1 cm³/mol. The van der Waals surface area contributed by atoms with E-state index in [9.17, 15) is 22.0 Å². The highest BCUT2D eigenvalue weighted by atomic mass is 19.2. The maximum atomic E-state index is 13.2. The van der Waals surface area contributed by atoms with Crippen LogP contribution in [0.2, 0.25) is 0 Å². The van der Waals surface area contributed by atoms with Crippen molar-refractivity contribution in [2.45, 2.75) is 13.0 Å². The fourth-order valence-electron chi connectivity index (χ4n) is 1.48. The summed E-state index contributed by atoms with van der Waals surface area (Å²) < 4.78 is 74.4. The SMILES string of the molecule is COCC(C)NCCOc1c(F)c(F)c(F)c(F)c1F. The van der Waals surface area contributed by atoms with Crippen LogP contribution < -0.4 is 10.1 Å². The Labute approximate surface area is 112 Å². The second kappa shape index (κ2) is 7.39. The van der Waals surface area contributed by atoms with Crippen molar-refractivity contribution in [2.75, 3.05) is 26.9 Å². The first kappa shape index (κ1) is 16.6. The Balaban J connectivity index is 2.65. The van der Waals surface area contributed by atoms with Gasteiger partial charge < -0.3 is 14.8 Å². The van der Waals surface area contributed by atoms with Crippen molar-refractivity contribution in [3.8, 4) is 5.75 Å². The molecule has 20 heavy (non-hydrogen) atoms. The molecular weight excluding hydrogens is 285 g/mol. The number of hydrogen-bond acceptors (Lipinski definition) is 3. The van der Waals surface area contributed by atoms with E-state index in [-0.39, 0.29) is 19.2 Å². The van der Waals surface area contributed by atoms with Gasteiger partial charge in [0.2, 0.25) is 29.1 Å². The Morgan fingerprint density at radius 1 is 0.950 bits per heavy atom. The third-order valence-electron chi connectivity index (χ3n) is 2.43. The van der Waals surface area contributed by atoms with Gasteiger partial charge in [-0.1, -0.05) is 0 Å². The number of nitrogens with one attached hydrogen (secondary N) is 1. The van der Waals surface area contributed by atoms with Crippen molar-refractivity contribution in [2.24, 2.45) is 0 Å². The zero-order valence-electron chi connectivity index (χ0n) is 10.9. The summed E-state index contributed by atoms with van der Waals surface area (Å²) in [6.07, 6.45) is 0. The molecule has 1 atom stereocenters. The van der Waals surface area contributed by atoms with E-state index in [1.54, 1.807) is 6.92 Å². The van der Waals surface area contributed by atoms with Gasteiger partial charge in [0.25, 0.3) is 0 Å². The van der Waals surface area contributed by atoms with E-state index >= 15 is 0 Å². The van der Waals surface area contributed by atoms with Gasteiger partial charge in [0, 0.05) is 19.7 Å². The molecule has 0 heterocycles. The van der Waals surface area contributed by atoms with Crippen LogP contribution in [-0.2, 0) is 4.74 Å². The topological polar surface area (TPSA) is 30.5 Å². The summed E-state index contributed by atoms with van der Waals surface area (Å²) in [5.41, 5.74) is 0. The molecule has 0 bridgehead atoms. The Morgan fingerprint density at radius 2 is 1.45 bits per heavy atom. The summed E-state index contributed by atoms with van der Waals surface area (Å²) in [5, 5.41) is 2.88. The number of ether oxygens (including phenoxy) is 2. The third kappa shape index (κ3) is 3.80. The van der Waals surface area contributed by atoms with Crippen LogP contribution >= 0.6 is 0 Å². The van der Waals surface area contributed by atoms with Crippen LogP contribution in [0.25, 0.3) is 0 Å². The van der Waals surface area contributed by atoms with Gasteiger partial charge in [-0.05, 0) is 6.92 Å². The predicted octanol–water partition coefficient (Wildman–Crippen LogP) is 2.39. The van der Waals surface area contributed by atoms with Crippen molar-refractivity contribution in [3.05, 3.63) is 29.1 Å². The summed E-state index contributed by atoms with van der Waals surface area (Å²) >= 11 is 0. The number of hydrogen-bond donors (Lipinski definition) is 1. The Kier molecular flexibility index (Phi) is 6.15.